The maximum absolute atomic E-state index is 5.37. The molecule has 0 spiro atoms. The topological polar surface area (TPSA) is 41.3 Å². The number of thiazole rings is 1. The second kappa shape index (κ2) is 8.64. The molecule has 1 fully saturated rings. The summed E-state index contributed by atoms with van der Waals surface area (Å²) in [6, 6.07) is 3.86. The number of rotatable bonds is 3. The maximum Gasteiger partial charge on any atom is 0.162 e. The van der Waals surface area contributed by atoms with Gasteiger partial charge in [-0.2, -0.15) is 0 Å². The van der Waals surface area contributed by atoms with Crippen LogP contribution in [0, 0.1) is 0 Å². The van der Waals surface area contributed by atoms with Crippen LogP contribution in [0.5, 0.6) is 0 Å². The van der Waals surface area contributed by atoms with Crippen molar-refractivity contribution in [3.05, 3.63) is 29.5 Å². The summed E-state index contributed by atoms with van der Waals surface area (Å²) >= 11 is 1.65. The monoisotopic (exact) mass is 335 g/mol. The van der Waals surface area contributed by atoms with Crippen LogP contribution < -0.4 is 5.32 Å². The molecule has 0 radical (unpaired) electrons. The highest BCUT2D eigenvalue weighted by molar-refractivity contribution is 7.13. The van der Waals surface area contributed by atoms with Gasteiger partial charge < -0.3 is 9.73 Å². The molecule has 7 heteroatoms. The van der Waals surface area contributed by atoms with Crippen LogP contribution in [0.4, 0.5) is 0 Å². The Morgan fingerprint density at radius 1 is 1.30 bits per heavy atom. The van der Waals surface area contributed by atoms with Crippen LogP contribution in [-0.4, -0.2) is 36.1 Å². The van der Waals surface area contributed by atoms with E-state index in [4.69, 9.17) is 4.42 Å². The average molecular weight is 336 g/mol. The zero-order valence-corrected chi connectivity index (χ0v) is 13.5. The third-order valence-corrected chi connectivity index (χ3v) is 4.01. The lowest BCUT2D eigenvalue weighted by atomic mass is 10.3. The third-order valence-electron chi connectivity index (χ3n) is 3.10. The van der Waals surface area contributed by atoms with Gasteiger partial charge in [0.25, 0.3) is 0 Å². The molecule has 0 atom stereocenters. The van der Waals surface area contributed by atoms with Gasteiger partial charge in [0.1, 0.15) is 0 Å². The average Bonchev–Trinajstić information content (AvgIpc) is 2.98. The minimum absolute atomic E-state index is 0. The van der Waals surface area contributed by atoms with Gasteiger partial charge in [-0.05, 0) is 31.6 Å². The Bertz CT molecular complexity index is 482. The smallest absolute Gasteiger partial charge is 0.162 e. The minimum atomic E-state index is 0. The van der Waals surface area contributed by atoms with Crippen LogP contribution >= 0.6 is 36.2 Å². The van der Waals surface area contributed by atoms with Crippen molar-refractivity contribution in [1.82, 2.24) is 15.2 Å². The third kappa shape index (κ3) is 4.46. The summed E-state index contributed by atoms with van der Waals surface area (Å²) in [4.78, 5) is 7.10. The normalized spacial score (nSPS) is 16.0. The van der Waals surface area contributed by atoms with Crippen molar-refractivity contribution in [3.63, 3.8) is 0 Å². The van der Waals surface area contributed by atoms with Crippen LogP contribution in [0.3, 0.4) is 0 Å². The molecular formula is C13H19Cl2N3OS. The first-order chi connectivity index (χ1) is 8.92. The molecule has 0 bridgehead atoms. The second-order valence-corrected chi connectivity index (χ2v) is 5.36. The van der Waals surface area contributed by atoms with E-state index >= 15 is 0 Å². The zero-order chi connectivity index (χ0) is 12.2. The van der Waals surface area contributed by atoms with Crippen molar-refractivity contribution < 1.29 is 4.42 Å². The molecule has 0 unspecified atom stereocenters. The van der Waals surface area contributed by atoms with Crippen LogP contribution in [-0.2, 0) is 6.54 Å². The highest BCUT2D eigenvalue weighted by atomic mass is 35.5. The molecule has 0 aliphatic carbocycles. The Morgan fingerprint density at radius 2 is 2.20 bits per heavy atom. The number of hydrogen-bond acceptors (Lipinski definition) is 5. The van der Waals surface area contributed by atoms with Gasteiger partial charge in [0.05, 0.1) is 12.0 Å². The Morgan fingerprint density at radius 3 is 3.00 bits per heavy atom. The van der Waals surface area contributed by atoms with Crippen molar-refractivity contribution in [2.75, 3.05) is 26.2 Å². The van der Waals surface area contributed by atoms with Crippen molar-refractivity contribution >= 4 is 36.2 Å². The van der Waals surface area contributed by atoms with E-state index in [1.807, 2.05) is 12.1 Å². The predicted molar refractivity (Wildman–Crippen MR) is 87.1 cm³/mol. The fourth-order valence-corrected chi connectivity index (χ4v) is 2.96. The van der Waals surface area contributed by atoms with E-state index in [-0.39, 0.29) is 24.8 Å². The molecule has 3 rings (SSSR count). The quantitative estimate of drug-likeness (QED) is 0.935. The zero-order valence-electron chi connectivity index (χ0n) is 11.1. The van der Waals surface area contributed by atoms with E-state index in [9.17, 15) is 0 Å². The van der Waals surface area contributed by atoms with Crippen molar-refractivity contribution in [3.8, 4) is 10.8 Å². The molecule has 3 heterocycles. The van der Waals surface area contributed by atoms with Gasteiger partial charge in [0, 0.05) is 25.0 Å². The molecule has 1 aliphatic heterocycles. The molecule has 1 N–H and O–H groups in total. The lowest BCUT2D eigenvalue weighted by Crippen LogP contribution is -2.27. The molecule has 0 amide bonds. The number of hydrogen-bond donors (Lipinski definition) is 1. The number of nitrogens with one attached hydrogen (secondary N) is 1. The molecule has 0 saturated carbocycles. The highest BCUT2D eigenvalue weighted by Crippen LogP contribution is 2.24. The fourth-order valence-electron chi connectivity index (χ4n) is 2.18. The number of furan rings is 1. The standard InChI is InChI=1S/C13H17N3OS.2ClH/c1-3-12(17-8-1)13-15-11(10-18-13)9-16-6-2-4-14-5-7-16;;/h1,3,8,10,14H,2,4-7,9H2;2*1H. The Hall–Kier alpha value is -0.590. The van der Waals surface area contributed by atoms with E-state index in [0.29, 0.717) is 0 Å². The second-order valence-electron chi connectivity index (χ2n) is 4.50. The Labute approximate surface area is 135 Å². The van der Waals surface area contributed by atoms with Gasteiger partial charge in [0.2, 0.25) is 0 Å². The van der Waals surface area contributed by atoms with E-state index < -0.39 is 0 Å². The van der Waals surface area contributed by atoms with Gasteiger partial charge >= 0.3 is 0 Å². The van der Waals surface area contributed by atoms with E-state index in [2.05, 4.69) is 20.6 Å². The summed E-state index contributed by atoms with van der Waals surface area (Å²) in [6.45, 7) is 5.41. The lowest BCUT2D eigenvalue weighted by Gasteiger charge is -2.17. The first-order valence-corrected chi connectivity index (χ1v) is 7.21. The summed E-state index contributed by atoms with van der Waals surface area (Å²) in [5, 5.41) is 6.53. The van der Waals surface area contributed by atoms with Gasteiger partial charge in [-0.1, -0.05) is 0 Å². The fraction of sp³-hybridized carbons (Fsp3) is 0.462. The highest BCUT2D eigenvalue weighted by Gasteiger charge is 2.12. The van der Waals surface area contributed by atoms with E-state index in [1.54, 1.807) is 17.6 Å². The molecule has 0 aromatic carbocycles. The van der Waals surface area contributed by atoms with Gasteiger partial charge in [-0.25, -0.2) is 4.98 Å². The molecule has 4 nitrogen and oxygen atoms in total. The van der Waals surface area contributed by atoms with E-state index in [1.165, 1.54) is 6.42 Å². The molecule has 1 saturated heterocycles. The number of nitrogens with zero attached hydrogens (tertiary/aromatic N) is 2. The lowest BCUT2D eigenvalue weighted by molar-refractivity contribution is 0.281. The summed E-state index contributed by atoms with van der Waals surface area (Å²) in [5.41, 5.74) is 1.15. The van der Waals surface area contributed by atoms with E-state index in [0.717, 1.165) is 49.2 Å². The first kappa shape index (κ1) is 17.5. The largest absolute Gasteiger partial charge is 0.462 e. The molecular weight excluding hydrogens is 317 g/mol. The Kier molecular flexibility index (Phi) is 7.55. The van der Waals surface area contributed by atoms with Gasteiger partial charge in [-0.15, -0.1) is 36.2 Å². The van der Waals surface area contributed by atoms with Crippen LogP contribution in [0.1, 0.15) is 12.1 Å². The minimum Gasteiger partial charge on any atom is -0.462 e. The molecule has 1 aliphatic rings. The van der Waals surface area contributed by atoms with Crippen molar-refractivity contribution in [2.24, 2.45) is 0 Å². The van der Waals surface area contributed by atoms with Gasteiger partial charge in [0.15, 0.2) is 10.8 Å². The summed E-state index contributed by atoms with van der Waals surface area (Å²) in [5.74, 6) is 0.865. The molecule has 2 aromatic rings. The number of halogens is 2. The first-order valence-electron chi connectivity index (χ1n) is 6.33. The van der Waals surface area contributed by atoms with Crippen molar-refractivity contribution in [2.45, 2.75) is 13.0 Å². The van der Waals surface area contributed by atoms with Gasteiger partial charge in [-0.3, -0.25) is 4.90 Å². The molecule has 20 heavy (non-hydrogen) atoms. The van der Waals surface area contributed by atoms with Crippen LogP contribution in [0.2, 0.25) is 0 Å². The summed E-state index contributed by atoms with van der Waals surface area (Å²) < 4.78 is 5.37. The van der Waals surface area contributed by atoms with Crippen LogP contribution in [0.25, 0.3) is 10.8 Å². The predicted octanol–water partition coefficient (Wildman–Crippen LogP) is 3.04. The maximum atomic E-state index is 5.37. The van der Waals surface area contributed by atoms with Crippen molar-refractivity contribution in [1.29, 1.82) is 0 Å². The van der Waals surface area contributed by atoms with Crippen LogP contribution in [0.15, 0.2) is 28.2 Å². The molecule has 112 valence electrons. The number of aromatic nitrogens is 1. The molecule has 2 aromatic heterocycles. The SMILES string of the molecule is Cl.Cl.c1coc(-c2nc(CN3CCCNCC3)cs2)c1. The Balaban J connectivity index is 0.000001000. The summed E-state index contributed by atoms with van der Waals surface area (Å²) in [6.07, 6.45) is 2.91. The summed E-state index contributed by atoms with van der Waals surface area (Å²) in [7, 11) is 0.